The van der Waals surface area contributed by atoms with Crippen LogP contribution in [0.5, 0.6) is 0 Å². The van der Waals surface area contributed by atoms with Crippen molar-refractivity contribution in [2.75, 3.05) is 6.54 Å². The Morgan fingerprint density at radius 1 is 0.943 bits per heavy atom. The third-order valence-electron chi connectivity index (χ3n) is 6.21. The van der Waals surface area contributed by atoms with E-state index in [4.69, 9.17) is 11.6 Å². The zero-order chi connectivity index (χ0) is 25.2. The standard InChI is InChI=1S/C30H35ClN2O2/c1-4-5-17-32-30(35)28(19-24-9-7-6-8-10-24)33(21-25-13-15-27(31)16-14-25)29(34)20-26-18-22(2)11-12-23(26)3/h6-16,18,28H,4-5,17,19-21H2,1-3H3,(H,32,35)/t28-/m0/s1. The molecule has 0 aliphatic carbocycles. The first kappa shape index (κ1) is 26.5. The maximum Gasteiger partial charge on any atom is 0.243 e. The van der Waals surface area contributed by atoms with Gasteiger partial charge in [0.15, 0.2) is 0 Å². The van der Waals surface area contributed by atoms with E-state index >= 15 is 0 Å². The van der Waals surface area contributed by atoms with Crippen LogP contribution in [0.3, 0.4) is 0 Å². The van der Waals surface area contributed by atoms with Crippen LogP contribution in [-0.4, -0.2) is 29.3 Å². The number of halogens is 1. The molecule has 0 aliphatic rings. The number of aryl methyl sites for hydroxylation is 2. The molecular formula is C30H35ClN2O2. The van der Waals surface area contributed by atoms with E-state index < -0.39 is 6.04 Å². The van der Waals surface area contributed by atoms with Gasteiger partial charge in [-0.25, -0.2) is 0 Å². The van der Waals surface area contributed by atoms with Crippen molar-refractivity contribution in [3.05, 3.63) is 106 Å². The molecule has 35 heavy (non-hydrogen) atoms. The first-order chi connectivity index (χ1) is 16.9. The lowest BCUT2D eigenvalue weighted by Gasteiger charge is -2.32. The van der Waals surface area contributed by atoms with Crippen molar-refractivity contribution in [2.24, 2.45) is 0 Å². The zero-order valence-corrected chi connectivity index (χ0v) is 21.6. The number of carbonyl (C=O) groups excluding carboxylic acids is 2. The van der Waals surface area contributed by atoms with E-state index in [2.05, 4.69) is 18.3 Å². The molecule has 0 bridgehead atoms. The topological polar surface area (TPSA) is 49.4 Å². The van der Waals surface area contributed by atoms with Crippen LogP contribution in [0.25, 0.3) is 0 Å². The van der Waals surface area contributed by atoms with Crippen LogP contribution in [0.1, 0.15) is 47.6 Å². The predicted octanol–water partition coefficient (Wildman–Crippen LogP) is 6.06. The highest BCUT2D eigenvalue weighted by atomic mass is 35.5. The van der Waals surface area contributed by atoms with Gasteiger partial charge in [-0.15, -0.1) is 0 Å². The van der Waals surface area contributed by atoms with Gasteiger partial charge in [0, 0.05) is 24.5 Å². The van der Waals surface area contributed by atoms with Crippen LogP contribution in [0.15, 0.2) is 72.8 Å². The Bertz CT molecular complexity index is 1110. The second-order valence-corrected chi connectivity index (χ2v) is 9.54. The lowest BCUT2D eigenvalue weighted by atomic mass is 9.99. The molecule has 1 atom stereocenters. The second kappa shape index (κ2) is 13.1. The molecule has 2 amide bonds. The number of rotatable bonds is 11. The van der Waals surface area contributed by atoms with Gasteiger partial charge in [0.05, 0.1) is 6.42 Å². The molecule has 5 heteroatoms. The highest BCUT2D eigenvalue weighted by Crippen LogP contribution is 2.19. The highest BCUT2D eigenvalue weighted by molar-refractivity contribution is 6.30. The molecule has 0 heterocycles. The van der Waals surface area contributed by atoms with Gasteiger partial charge in [0.25, 0.3) is 0 Å². The Hall–Kier alpha value is -3.11. The van der Waals surface area contributed by atoms with E-state index in [0.717, 1.165) is 40.7 Å². The molecule has 0 saturated heterocycles. The molecule has 0 unspecified atom stereocenters. The van der Waals surface area contributed by atoms with E-state index in [1.807, 2.05) is 80.6 Å². The summed E-state index contributed by atoms with van der Waals surface area (Å²) in [5.41, 5.74) is 5.12. The summed E-state index contributed by atoms with van der Waals surface area (Å²) >= 11 is 6.10. The summed E-state index contributed by atoms with van der Waals surface area (Å²) in [7, 11) is 0. The number of carbonyl (C=O) groups is 2. The summed E-state index contributed by atoms with van der Waals surface area (Å²) in [6.45, 7) is 7.07. The lowest BCUT2D eigenvalue weighted by molar-refractivity contribution is -0.140. The fourth-order valence-electron chi connectivity index (χ4n) is 4.10. The molecule has 0 aromatic heterocycles. The summed E-state index contributed by atoms with van der Waals surface area (Å²) in [6, 6.07) is 22.9. The Morgan fingerprint density at radius 2 is 1.66 bits per heavy atom. The van der Waals surface area contributed by atoms with Gasteiger partial charge in [-0.3, -0.25) is 9.59 Å². The van der Waals surface area contributed by atoms with Gasteiger partial charge >= 0.3 is 0 Å². The molecule has 3 rings (SSSR count). The monoisotopic (exact) mass is 490 g/mol. The Kier molecular flexibility index (Phi) is 9.92. The summed E-state index contributed by atoms with van der Waals surface area (Å²) in [5, 5.41) is 3.70. The molecular weight excluding hydrogens is 456 g/mol. The van der Waals surface area contributed by atoms with Crippen molar-refractivity contribution in [3.8, 4) is 0 Å². The summed E-state index contributed by atoms with van der Waals surface area (Å²) in [6.07, 6.45) is 2.58. The van der Waals surface area contributed by atoms with E-state index in [0.29, 0.717) is 24.5 Å². The van der Waals surface area contributed by atoms with E-state index in [-0.39, 0.29) is 18.2 Å². The Morgan fingerprint density at radius 3 is 2.34 bits per heavy atom. The van der Waals surface area contributed by atoms with Crippen molar-refractivity contribution >= 4 is 23.4 Å². The maximum atomic E-state index is 13.8. The minimum atomic E-state index is -0.623. The van der Waals surface area contributed by atoms with Crippen molar-refractivity contribution in [2.45, 2.75) is 59.0 Å². The van der Waals surface area contributed by atoms with Crippen LogP contribution < -0.4 is 5.32 Å². The number of hydrogen-bond donors (Lipinski definition) is 1. The second-order valence-electron chi connectivity index (χ2n) is 9.10. The SMILES string of the molecule is CCCCNC(=O)[C@H](Cc1ccccc1)N(Cc1ccc(Cl)cc1)C(=O)Cc1cc(C)ccc1C. The molecule has 0 aliphatic heterocycles. The third kappa shape index (κ3) is 7.97. The Labute approximate surface area is 214 Å². The quantitative estimate of drug-likeness (QED) is 0.332. The number of unbranched alkanes of at least 4 members (excludes halogenated alkanes) is 1. The van der Waals surface area contributed by atoms with Gasteiger partial charge in [-0.1, -0.05) is 91.2 Å². The van der Waals surface area contributed by atoms with Gasteiger partial charge in [0.2, 0.25) is 11.8 Å². The van der Waals surface area contributed by atoms with Gasteiger partial charge < -0.3 is 10.2 Å². The number of nitrogens with one attached hydrogen (secondary N) is 1. The summed E-state index contributed by atoms with van der Waals surface area (Å²) in [5.74, 6) is -0.189. The molecule has 3 aromatic carbocycles. The van der Waals surface area contributed by atoms with Crippen molar-refractivity contribution < 1.29 is 9.59 Å². The first-order valence-corrected chi connectivity index (χ1v) is 12.7. The smallest absolute Gasteiger partial charge is 0.243 e. The fourth-order valence-corrected chi connectivity index (χ4v) is 4.23. The molecule has 1 N–H and O–H groups in total. The summed E-state index contributed by atoms with van der Waals surface area (Å²) in [4.78, 5) is 29.0. The van der Waals surface area contributed by atoms with Crippen LogP contribution in [0.4, 0.5) is 0 Å². The van der Waals surface area contributed by atoms with Crippen LogP contribution in [-0.2, 0) is 29.0 Å². The van der Waals surface area contributed by atoms with Crippen LogP contribution in [0.2, 0.25) is 5.02 Å². The number of amides is 2. The zero-order valence-electron chi connectivity index (χ0n) is 20.9. The van der Waals surface area contributed by atoms with Gasteiger partial charge in [-0.2, -0.15) is 0 Å². The Balaban J connectivity index is 1.96. The molecule has 184 valence electrons. The van der Waals surface area contributed by atoms with Gasteiger partial charge in [-0.05, 0) is 54.7 Å². The van der Waals surface area contributed by atoms with E-state index in [9.17, 15) is 9.59 Å². The van der Waals surface area contributed by atoms with Crippen molar-refractivity contribution in [3.63, 3.8) is 0 Å². The first-order valence-electron chi connectivity index (χ1n) is 12.3. The molecule has 0 radical (unpaired) electrons. The largest absolute Gasteiger partial charge is 0.354 e. The number of hydrogen-bond acceptors (Lipinski definition) is 2. The third-order valence-corrected chi connectivity index (χ3v) is 6.47. The molecule has 0 saturated carbocycles. The average Bonchev–Trinajstić information content (AvgIpc) is 2.85. The minimum Gasteiger partial charge on any atom is -0.354 e. The minimum absolute atomic E-state index is 0.0692. The molecule has 4 nitrogen and oxygen atoms in total. The van der Waals surface area contributed by atoms with Crippen molar-refractivity contribution in [1.29, 1.82) is 0 Å². The molecule has 3 aromatic rings. The van der Waals surface area contributed by atoms with E-state index in [1.54, 1.807) is 4.90 Å². The highest BCUT2D eigenvalue weighted by Gasteiger charge is 2.30. The lowest BCUT2D eigenvalue weighted by Crippen LogP contribution is -2.51. The van der Waals surface area contributed by atoms with Crippen LogP contribution in [0, 0.1) is 13.8 Å². The normalized spacial score (nSPS) is 11.7. The fraction of sp³-hybridized carbons (Fsp3) is 0.333. The summed E-state index contributed by atoms with van der Waals surface area (Å²) < 4.78 is 0. The van der Waals surface area contributed by atoms with Crippen LogP contribution >= 0.6 is 11.6 Å². The predicted molar refractivity (Wildman–Crippen MR) is 143 cm³/mol. The number of benzene rings is 3. The van der Waals surface area contributed by atoms with Crippen molar-refractivity contribution in [1.82, 2.24) is 10.2 Å². The van der Waals surface area contributed by atoms with Gasteiger partial charge in [0.1, 0.15) is 6.04 Å². The molecule has 0 spiro atoms. The molecule has 0 fully saturated rings. The van der Waals surface area contributed by atoms with E-state index in [1.165, 1.54) is 0 Å². The maximum absolute atomic E-state index is 13.8. The average molecular weight is 491 g/mol. The number of nitrogens with zero attached hydrogens (tertiary/aromatic N) is 1.